The average Bonchev–Trinajstić information content (AvgIpc) is 3.03. The molecular formula is C20H13ClN4. The van der Waals surface area contributed by atoms with Crippen molar-refractivity contribution in [2.75, 3.05) is 0 Å². The van der Waals surface area contributed by atoms with E-state index in [0.29, 0.717) is 16.2 Å². The number of nitrogens with zero attached hydrogens (tertiary/aromatic N) is 4. The van der Waals surface area contributed by atoms with Crippen molar-refractivity contribution < 1.29 is 0 Å². The van der Waals surface area contributed by atoms with Crippen molar-refractivity contribution in [3.05, 3.63) is 77.1 Å². The van der Waals surface area contributed by atoms with Crippen LogP contribution in [0.3, 0.4) is 0 Å². The Labute approximate surface area is 149 Å². The van der Waals surface area contributed by atoms with Gasteiger partial charge >= 0.3 is 0 Å². The van der Waals surface area contributed by atoms with Crippen LogP contribution >= 0.6 is 11.6 Å². The summed E-state index contributed by atoms with van der Waals surface area (Å²) in [6, 6.07) is 19.6. The number of pyridine rings is 1. The molecule has 0 unspecified atom stereocenters. The molecule has 0 fully saturated rings. The largest absolute Gasteiger partial charge is 0.242 e. The normalized spacial score (nSPS) is 10.8. The van der Waals surface area contributed by atoms with Crippen molar-refractivity contribution in [3.8, 4) is 23.0 Å². The van der Waals surface area contributed by atoms with Gasteiger partial charge in [-0.15, -0.1) is 0 Å². The highest BCUT2D eigenvalue weighted by molar-refractivity contribution is 6.34. The van der Waals surface area contributed by atoms with Gasteiger partial charge in [0.25, 0.3) is 0 Å². The summed E-state index contributed by atoms with van der Waals surface area (Å²) in [5.41, 5.74) is 5.28. The van der Waals surface area contributed by atoms with Crippen molar-refractivity contribution >= 4 is 22.5 Å². The van der Waals surface area contributed by atoms with E-state index in [1.807, 2.05) is 54.1 Å². The van der Waals surface area contributed by atoms with Crippen LogP contribution in [0.25, 0.3) is 27.8 Å². The number of hydrogen-bond donors (Lipinski definition) is 0. The van der Waals surface area contributed by atoms with E-state index in [2.05, 4.69) is 16.2 Å². The molecule has 0 saturated heterocycles. The number of nitriles is 1. The van der Waals surface area contributed by atoms with Gasteiger partial charge in [-0.25, -0.2) is 9.67 Å². The molecule has 4 rings (SSSR count). The Morgan fingerprint density at radius 2 is 1.72 bits per heavy atom. The maximum atomic E-state index is 9.03. The summed E-state index contributed by atoms with van der Waals surface area (Å²) in [6.07, 6.45) is 1.68. The van der Waals surface area contributed by atoms with E-state index in [1.165, 1.54) is 5.56 Å². The summed E-state index contributed by atoms with van der Waals surface area (Å²) in [5.74, 6) is 0. The highest BCUT2D eigenvalue weighted by atomic mass is 35.5. The average molecular weight is 345 g/mol. The van der Waals surface area contributed by atoms with Crippen LogP contribution in [-0.4, -0.2) is 14.8 Å². The summed E-state index contributed by atoms with van der Waals surface area (Å²) < 4.78 is 1.87. The highest BCUT2D eigenvalue weighted by Gasteiger charge is 2.17. The summed E-state index contributed by atoms with van der Waals surface area (Å²) >= 11 is 6.26. The number of hydrogen-bond acceptors (Lipinski definition) is 3. The SMILES string of the molecule is Cc1ccc(-n2nc3c(Cl)nccc3c2-c2ccc(C#N)cc2)cc1. The molecule has 0 spiro atoms. The molecule has 0 radical (unpaired) electrons. The Bertz CT molecular complexity index is 1100. The van der Waals surface area contributed by atoms with E-state index in [-0.39, 0.29) is 0 Å². The first-order valence-electron chi connectivity index (χ1n) is 7.78. The van der Waals surface area contributed by atoms with Gasteiger partial charge in [-0.1, -0.05) is 41.4 Å². The first kappa shape index (κ1) is 15.4. The maximum Gasteiger partial charge on any atom is 0.157 e. The van der Waals surface area contributed by atoms with Crippen LogP contribution in [-0.2, 0) is 0 Å². The molecule has 0 aliphatic carbocycles. The number of halogens is 1. The van der Waals surface area contributed by atoms with Crippen molar-refractivity contribution in [3.63, 3.8) is 0 Å². The summed E-state index contributed by atoms with van der Waals surface area (Å²) in [6.45, 7) is 2.05. The predicted octanol–water partition coefficient (Wildman–Crippen LogP) is 4.92. The van der Waals surface area contributed by atoms with Crippen LogP contribution in [0.4, 0.5) is 0 Å². The summed E-state index contributed by atoms with van der Waals surface area (Å²) in [4.78, 5) is 4.14. The zero-order valence-electron chi connectivity index (χ0n) is 13.4. The molecule has 2 aromatic heterocycles. The molecule has 4 nitrogen and oxygen atoms in total. The third kappa shape index (κ3) is 2.65. The highest BCUT2D eigenvalue weighted by Crippen LogP contribution is 2.33. The maximum absolute atomic E-state index is 9.03. The topological polar surface area (TPSA) is 54.5 Å². The van der Waals surface area contributed by atoms with Crippen molar-refractivity contribution in [2.45, 2.75) is 6.92 Å². The lowest BCUT2D eigenvalue weighted by atomic mass is 10.1. The Balaban J connectivity index is 2.03. The molecule has 0 aliphatic heterocycles. The predicted molar refractivity (Wildman–Crippen MR) is 98.8 cm³/mol. The lowest BCUT2D eigenvalue weighted by molar-refractivity contribution is 0.902. The monoisotopic (exact) mass is 344 g/mol. The third-order valence-corrected chi connectivity index (χ3v) is 4.39. The third-order valence-electron chi connectivity index (χ3n) is 4.11. The minimum atomic E-state index is 0.373. The second-order valence-corrected chi connectivity index (χ2v) is 6.14. The lowest BCUT2D eigenvalue weighted by Gasteiger charge is -2.08. The van der Waals surface area contributed by atoms with Gasteiger partial charge in [-0.05, 0) is 37.3 Å². The molecule has 25 heavy (non-hydrogen) atoms. The van der Waals surface area contributed by atoms with E-state index < -0.39 is 0 Å². The fourth-order valence-electron chi connectivity index (χ4n) is 2.83. The summed E-state index contributed by atoms with van der Waals surface area (Å²) in [7, 11) is 0. The standard InChI is InChI=1S/C20H13ClN4/c1-13-2-8-16(9-3-13)25-19(15-6-4-14(12-22)5-7-15)17-10-11-23-20(21)18(17)24-25/h2-11H,1H3. The van der Waals surface area contributed by atoms with Gasteiger partial charge in [-0.3, -0.25) is 0 Å². The molecular weight excluding hydrogens is 332 g/mol. The van der Waals surface area contributed by atoms with Crippen LogP contribution in [0.1, 0.15) is 11.1 Å². The molecule has 5 heteroatoms. The van der Waals surface area contributed by atoms with Gasteiger partial charge in [0.05, 0.1) is 23.0 Å². The van der Waals surface area contributed by atoms with Crippen LogP contribution < -0.4 is 0 Å². The fourth-order valence-corrected chi connectivity index (χ4v) is 3.03. The molecule has 0 aliphatic rings. The van der Waals surface area contributed by atoms with Gasteiger partial charge in [-0.2, -0.15) is 10.4 Å². The van der Waals surface area contributed by atoms with E-state index in [9.17, 15) is 0 Å². The first-order valence-corrected chi connectivity index (χ1v) is 8.16. The molecule has 4 aromatic rings. The van der Waals surface area contributed by atoms with Gasteiger partial charge in [0.2, 0.25) is 0 Å². The molecule has 0 atom stereocenters. The Hall–Kier alpha value is -3.16. The molecule has 0 N–H and O–H groups in total. The van der Waals surface area contributed by atoms with E-state index >= 15 is 0 Å². The smallest absolute Gasteiger partial charge is 0.157 e. The number of benzene rings is 2. The van der Waals surface area contributed by atoms with E-state index in [4.69, 9.17) is 16.9 Å². The van der Waals surface area contributed by atoms with Crippen LogP contribution in [0.5, 0.6) is 0 Å². The molecule has 0 saturated carbocycles. The number of aromatic nitrogens is 3. The lowest BCUT2D eigenvalue weighted by Crippen LogP contribution is -1.99. The minimum absolute atomic E-state index is 0.373. The van der Waals surface area contributed by atoms with Crippen LogP contribution in [0, 0.1) is 18.3 Å². The second-order valence-electron chi connectivity index (χ2n) is 5.78. The van der Waals surface area contributed by atoms with Crippen LogP contribution in [0.15, 0.2) is 60.8 Å². The van der Waals surface area contributed by atoms with Gasteiger partial charge < -0.3 is 0 Å². The molecule has 0 amide bonds. The van der Waals surface area contributed by atoms with Gasteiger partial charge in [0.1, 0.15) is 5.52 Å². The number of rotatable bonds is 2. The number of aryl methyl sites for hydroxylation is 1. The van der Waals surface area contributed by atoms with Crippen molar-refractivity contribution in [1.82, 2.24) is 14.8 Å². The zero-order chi connectivity index (χ0) is 17.4. The quantitative estimate of drug-likeness (QED) is 0.485. The zero-order valence-corrected chi connectivity index (χ0v) is 14.2. The Morgan fingerprint density at radius 1 is 1.00 bits per heavy atom. The Kier molecular flexibility index (Phi) is 3.72. The second kappa shape index (κ2) is 6.04. The van der Waals surface area contributed by atoms with Gasteiger partial charge in [0, 0.05) is 17.1 Å². The van der Waals surface area contributed by atoms with Crippen molar-refractivity contribution in [1.29, 1.82) is 5.26 Å². The van der Waals surface area contributed by atoms with Crippen molar-refractivity contribution in [2.24, 2.45) is 0 Å². The Morgan fingerprint density at radius 3 is 2.40 bits per heavy atom. The molecule has 2 aromatic carbocycles. The van der Waals surface area contributed by atoms with E-state index in [1.54, 1.807) is 18.3 Å². The summed E-state index contributed by atoms with van der Waals surface area (Å²) in [5, 5.41) is 15.0. The van der Waals surface area contributed by atoms with E-state index in [0.717, 1.165) is 22.3 Å². The minimum Gasteiger partial charge on any atom is -0.242 e. The fraction of sp³-hybridized carbons (Fsp3) is 0.0500. The molecule has 2 heterocycles. The first-order chi connectivity index (χ1) is 12.2. The molecule has 0 bridgehead atoms. The van der Waals surface area contributed by atoms with Gasteiger partial charge in [0.15, 0.2) is 5.15 Å². The van der Waals surface area contributed by atoms with Crippen LogP contribution in [0.2, 0.25) is 5.15 Å². The number of fused-ring (bicyclic) bond motifs is 1. The molecule has 120 valence electrons.